The number of ether oxygens (including phenoxy) is 1. The van der Waals surface area contributed by atoms with Crippen LogP contribution in [-0.4, -0.2) is 28.0 Å². The Bertz CT molecular complexity index is 839. The Labute approximate surface area is 149 Å². The van der Waals surface area contributed by atoms with E-state index in [-0.39, 0.29) is 28.1 Å². The van der Waals surface area contributed by atoms with Crippen LogP contribution < -0.4 is 14.8 Å². The first-order chi connectivity index (χ1) is 11.3. The molecule has 0 radical (unpaired) electrons. The number of nitrogens with one attached hydrogen (secondary N) is 2. The molecule has 0 atom stereocenters. The molecule has 2 aromatic rings. The second kappa shape index (κ2) is 7.74. The molecule has 0 aromatic heterocycles. The van der Waals surface area contributed by atoms with Crippen molar-refractivity contribution in [3.05, 3.63) is 52.5 Å². The van der Waals surface area contributed by atoms with Gasteiger partial charge in [-0.1, -0.05) is 23.2 Å². The van der Waals surface area contributed by atoms with Crippen molar-refractivity contribution < 1.29 is 17.9 Å². The van der Waals surface area contributed by atoms with Crippen LogP contribution in [0, 0.1) is 0 Å². The highest BCUT2D eigenvalue weighted by Gasteiger charge is 2.16. The van der Waals surface area contributed by atoms with Crippen LogP contribution in [0.4, 0.5) is 5.69 Å². The molecular formula is C15H14Cl2N2O4S. The summed E-state index contributed by atoms with van der Waals surface area (Å²) in [6.45, 7) is -0.152. The molecule has 6 nitrogen and oxygen atoms in total. The highest BCUT2D eigenvalue weighted by molar-refractivity contribution is 7.92. The predicted octanol–water partition coefficient (Wildman–Crippen LogP) is 2.92. The first-order valence-electron chi connectivity index (χ1n) is 6.73. The lowest BCUT2D eigenvalue weighted by Crippen LogP contribution is -2.24. The van der Waals surface area contributed by atoms with Crippen molar-refractivity contribution in [3.63, 3.8) is 0 Å². The Morgan fingerprint density at radius 2 is 1.79 bits per heavy atom. The Morgan fingerprint density at radius 1 is 1.12 bits per heavy atom. The van der Waals surface area contributed by atoms with Gasteiger partial charge in [-0.3, -0.25) is 9.52 Å². The fourth-order valence-electron chi connectivity index (χ4n) is 1.71. The van der Waals surface area contributed by atoms with Gasteiger partial charge in [-0.15, -0.1) is 0 Å². The second-order valence-electron chi connectivity index (χ2n) is 4.66. The zero-order valence-corrected chi connectivity index (χ0v) is 14.9. The standard InChI is InChI=1S/C15H14Cl2N2O4S/c1-18-15(20)9-23-11-3-5-12(6-4-11)24(21,22)19-14-7-2-10(16)8-13(14)17/h2-8,19H,9H2,1H3,(H,18,20). The van der Waals surface area contributed by atoms with Gasteiger partial charge in [0.2, 0.25) is 0 Å². The van der Waals surface area contributed by atoms with Gasteiger partial charge in [0.1, 0.15) is 5.75 Å². The summed E-state index contributed by atoms with van der Waals surface area (Å²) in [7, 11) is -2.32. The fraction of sp³-hybridized carbons (Fsp3) is 0.133. The van der Waals surface area contributed by atoms with Crippen molar-refractivity contribution in [3.8, 4) is 5.75 Å². The summed E-state index contributed by atoms with van der Waals surface area (Å²) in [5.41, 5.74) is 0.223. The van der Waals surface area contributed by atoms with Crippen LogP contribution in [0.2, 0.25) is 10.0 Å². The molecule has 24 heavy (non-hydrogen) atoms. The summed E-state index contributed by atoms with van der Waals surface area (Å²) in [6, 6.07) is 10.1. The molecule has 2 aromatic carbocycles. The number of anilines is 1. The number of sulfonamides is 1. The molecule has 2 rings (SSSR count). The van der Waals surface area contributed by atoms with E-state index in [0.29, 0.717) is 10.8 Å². The molecule has 0 bridgehead atoms. The zero-order valence-electron chi connectivity index (χ0n) is 12.5. The highest BCUT2D eigenvalue weighted by Crippen LogP contribution is 2.28. The highest BCUT2D eigenvalue weighted by atomic mass is 35.5. The third kappa shape index (κ3) is 4.77. The summed E-state index contributed by atoms with van der Waals surface area (Å²) < 4.78 is 32.3. The topological polar surface area (TPSA) is 84.5 Å². The van der Waals surface area contributed by atoms with E-state index in [2.05, 4.69) is 10.0 Å². The van der Waals surface area contributed by atoms with Gasteiger partial charge in [-0.2, -0.15) is 0 Å². The maximum atomic E-state index is 12.4. The van der Waals surface area contributed by atoms with E-state index in [1.807, 2.05) is 0 Å². The average molecular weight is 389 g/mol. The van der Waals surface area contributed by atoms with Crippen molar-refractivity contribution in [2.75, 3.05) is 18.4 Å². The van der Waals surface area contributed by atoms with E-state index in [0.717, 1.165) is 0 Å². The normalized spacial score (nSPS) is 11.0. The smallest absolute Gasteiger partial charge is 0.261 e. The summed E-state index contributed by atoms with van der Waals surface area (Å²) in [5.74, 6) is 0.0906. The summed E-state index contributed by atoms with van der Waals surface area (Å²) in [4.78, 5) is 11.1. The lowest BCUT2D eigenvalue weighted by molar-refractivity contribution is -0.122. The molecule has 0 spiro atoms. The van der Waals surface area contributed by atoms with Gasteiger partial charge in [-0.05, 0) is 42.5 Å². The quantitative estimate of drug-likeness (QED) is 0.796. The van der Waals surface area contributed by atoms with Gasteiger partial charge in [0.25, 0.3) is 15.9 Å². The fourth-order valence-corrected chi connectivity index (χ4v) is 3.30. The van der Waals surface area contributed by atoms with Gasteiger partial charge in [0.05, 0.1) is 15.6 Å². The first-order valence-corrected chi connectivity index (χ1v) is 8.97. The molecule has 2 N–H and O–H groups in total. The van der Waals surface area contributed by atoms with E-state index in [9.17, 15) is 13.2 Å². The largest absolute Gasteiger partial charge is 0.484 e. The monoisotopic (exact) mass is 388 g/mol. The maximum Gasteiger partial charge on any atom is 0.261 e. The summed E-state index contributed by atoms with van der Waals surface area (Å²) >= 11 is 11.7. The summed E-state index contributed by atoms with van der Waals surface area (Å²) in [6.07, 6.45) is 0. The van der Waals surface area contributed by atoms with Crippen molar-refractivity contribution in [1.82, 2.24) is 5.32 Å². The van der Waals surface area contributed by atoms with Crippen LogP contribution in [-0.2, 0) is 14.8 Å². The van der Waals surface area contributed by atoms with Crippen LogP contribution >= 0.6 is 23.2 Å². The number of halogens is 2. The lowest BCUT2D eigenvalue weighted by atomic mass is 10.3. The molecular weight excluding hydrogens is 375 g/mol. The van der Waals surface area contributed by atoms with Gasteiger partial charge in [0, 0.05) is 12.1 Å². The first kappa shape index (κ1) is 18.4. The molecule has 9 heteroatoms. The van der Waals surface area contributed by atoms with Gasteiger partial charge >= 0.3 is 0 Å². The van der Waals surface area contributed by atoms with E-state index in [1.165, 1.54) is 49.5 Å². The van der Waals surface area contributed by atoms with Crippen LogP contribution in [0.5, 0.6) is 5.75 Å². The molecule has 0 saturated carbocycles. The minimum atomic E-state index is -3.81. The molecule has 0 aliphatic rings. The van der Waals surface area contributed by atoms with Crippen LogP contribution in [0.25, 0.3) is 0 Å². The summed E-state index contributed by atoms with van der Waals surface area (Å²) in [5, 5.41) is 3.01. The molecule has 0 aliphatic carbocycles. The Hall–Kier alpha value is -1.96. The number of benzene rings is 2. The van der Waals surface area contributed by atoms with E-state index < -0.39 is 10.0 Å². The van der Waals surface area contributed by atoms with Crippen LogP contribution in [0.3, 0.4) is 0 Å². The minimum Gasteiger partial charge on any atom is -0.484 e. The van der Waals surface area contributed by atoms with Gasteiger partial charge in [0.15, 0.2) is 6.61 Å². The average Bonchev–Trinajstić information content (AvgIpc) is 2.55. The number of likely N-dealkylation sites (N-methyl/N-ethyl adjacent to an activating group) is 1. The molecule has 0 aliphatic heterocycles. The van der Waals surface area contributed by atoms with E-state index >= 15 is 0 Å². The Morgan fingerprint density at radius 3 is 2.38 bits per heavy atom. The SMILES string of the molecule is CNC(=O)COc1ccc(S(=O)(=O)Nc2ccc(Cl)cc2Cl)cc1. The molecule has 0 saturated heterocycles. The second-order valence-corrected chi connectivity index (χ2v) is 7.19. The van der Waals surface area contributed by atoms with Crippen molar-refractivity contribution in [2.24, 2.45) is 0 Å². The minimum absolute atomic E-state index is 0.0285. The third-order valence-electron chi connectivity index (χ3n) is 2.96. The van der Waals surface area contributed by atoms with E-state index in [4.69, 9.17) is 27.9 Å². The van der Waals surface area contributed by atoms with Crippen molar-refractivity contribution in [2.45, 2.75) is 4.90 Å². The Kier molecular flexibility index (Phi) is 5.93. The van der Waals surface area contributed by atoms with Crippen LogP contribution in [0.15, 0.2) is 47.4 Å². The molecule has 0 unspecified atom stereocenters. The molecule has 0 fully saturated rings. The number of carbonyl (C=O) groups is 1. The van der Waals surface area contributed by atoms with Gasteiger partial charge < -0.3 is 10.1 Å². The molecule has 0 heterocycles. The van der Waals surface area contributed by atoms with Crippen molar-refractivity contribution in [1.29, 1.82) is 0 Å². The molecule has 128 valence electrons. The van der Waals surface area contributed by atoms with E-state index in [1.54, 1.807) is 0 Å². The number of rotatable bonds is 6. The molecule has 1 amide bonds. The van der Waals surface area contributed by atoms with Crippen LogP contribution in [0.1, 0.15) is 0 Å². The Balaban J connectivity index is 2.13. The van der Waals surface area contributed by atoms with Gasteiger partial charge in [-0.25, -0.2) is 8.42 Å². The van der Waals surface area contributed by atoms with Crippen molar-refractivity contribution >= 4 is 44.8 Å². The predicted molar refractivity (Wildman–Crippen MR) is 93.3 cm³/mol. The number of carbonyl (C=O) groups excluding carboxylic acids is 1. The number of hydrogen-bond donors (Lipinski definition) is 2. The number of hydrogen-bond acceptors (Lipinski definition) is 4. The third-order valence-corrected chi connectivity index (χ3v) is 4.89. The number of amides is 1. The zero-order chi connectivity index (χ0) is 17.7. The maximum absolute atomic E-state index is 12.4. The lowest BCUT2D eigenvalue weighted by Gasteiger charge is -2.11.